The molecule has 0 aliphatic carbocycles. The maximum atomic E-state index is 3.49. The van der Waals surface area contributed by atoms with Crippen LogP contribution < -0.4 is 10.9 Å². The first-order valence-electron chi connectivity index (χ1n) is 5.01. The lowest BCUT2D eigenvalue weighted by Gasteiger charge is -2.33. The van der Waals surface area contributed by atoms with Crippen LogP contribution in [0.3, 0.4) is 0 Å². The molecule has 1 unspecified atom stereocenters. The Hall–Kier alpha value is -0.120. The number of hydrazine groups is 2. The predicted octanol–water partition coefficient (Wildman–Crippen LogP) is 1.52. The smallest absolute Gasteiger partial charge is 0.0425 e. The van der Waals surface area contributed by atoms with Crippen molar-refractivity contribution in [1.29, 1.82) is 0 Å². The van der Waals surface area contributed by atoms with Crippen LogP contribution in [0.15, 0.2) is 0 Å². The van der Waals surface area contributed by atoms with Gasteiger partial charge in [0, 0.05) is 18.1 Å². The zero-order valence-electron chi connectivity index (χ0n) is 9.73. The highest BCUT2D eigenvalue weighted by molar-refractivity contribution is 4.87. The molecule has 3 heteroatoms. The van der Waals surface area contributed by atoms with Gasteiger partial charge in [0.1, 0.15) is 0 Å². The molecule has 78 valence electrons. The van der Waals surface area contributed by atoms with Gasteiger partial charge < -0.3 is 0 Å². The van der Waals surface area contributed by atoms with Crippen LogP contribution in [0.5, 0.6) is 0 Å². The maximum absolute atomic E-state index is 3.49. The minimum atomic E-state index is 0.139. The van der Waals surface area contributed by atoms with Crippen LogP contribution in [0.2, 0.25) is 0 Å². The van der Waals surface area contributed by atoms with Crippen molar-refractivity contribution >= 4 is 0 Å². The molecule has 1 aliphatic rings. The molecule has 0 saturated carbocycles. The van der Waals surface area contributed by atoms with Gasteiger partial charge in [-0.1, -0.05) is 20.8 Å². The Bertz CT molecular complexity index is 156. The summed E-state index contributed by atoms with van der Waals surface area (Å²) in [5, 5.41) is 2.11. The second kappa shape index (κ2) is 3.23. The van der Waals surface area contributed by atoms with Crippen molar-refractivity contribution in [2.24, 2.45) is 5.41 Å². The molecule has 1 fully saturated rings. The standard InChI is InChI=1S/C10H23N3/c1-9(2,3)8-7-11-13(12-8)10(4,5)6/h8,11-12H,7H2,1-6H3. The monoisotopic (exact) mass is 185 g/mol. The highest BCUT2D eigenvalue weighted by atomic mass is 15.8. The van der Waals surface area contributed by atoms with Crippen molar-refractivity contribution < 1.29 is 0 Å². The highest BCUT2D eigenvalue weighted by Crippen LogP contribution is 2.23. The fourth-order valence-electron chi connectivity index (χ4n) is 1.36. The highest BCUT2D eigenvalue weighted by Gasteiger charge is 2.35. The van der Waals surface area contributed by atoms with Gasteiger partial charge in [-0.25, -0.2) is 10.9 Å². The summed E-state index contributed by atoms with van der Waals surface area (Å²) < 4.78 is 0. The third kappa shape index (κ3) is 2.66. The molecule has 2 N–H and O–H groups in total. The summed E-state index contributed by atoms with van der Waals surface area (Å²) in [4.78, 5) is 0. The molecule has 1 rings (SSSR count). The molecular formula is C10H23N3. The summed E-state index contributed by atoms with van der Waals surface area (Å²) in [6, 6.07) is 0.520. The van der Waals surface area contributed by atoms with Crippen molar-refractivity contribution in [3.8, 4) is 0 Å². The van der Waals surface area contributed by atoms with Gasteiger partial charge in [0.2, 0.25) is 0 Å². The second-order valence-electron chi connectivity index (χ2n) is 5.92. The molecule has 1 atom stereocenters. The van der Waals surface area contributed by atoms with Crippen molar-refractivity contribution in [3.05, 3.63) is 0 Å². The maximum Gasteiger partial charge on any atom is 0.0425 e. The molecule has 0 amide bonds. The molecular weight excluding hydrogens is 162 g/mol. The molecule has 13 heavy (non-hydrogen) atoms. The zero-order chi connectivity index (χ0) is 10.3. The van der Waals surface area contributed by atoms with Crippen molar-refractivity contribution in [2.45, 2.75) is 53.1 Å². The summed E-state index contributed by atoms with van der Waals surface area (Å²) in [7, 11) is 0. The lowest BCUT2D eigenvalue weighted by Crippen LogP contribution is -2.53. The van der Waals surface area contributed by atoms with Crippen molar-refractivity contribution in [3.63, 3.8) is 0 Å². The molecule has 0 bridgehead atoms. The summed E-state index contributed by atoms with van der Waals surface area (Å²) >= 11 is 0. The summed E-state index contributed by atoms with van der Waals surface area (Å²) in [6.07, 6.45) is 0. The number of rotatable bonds is 0. The van der Waals surface area contributed by atoms with Gasteiger partial charge in [-0.15, -0.1) is 0 Å². The average molecular weight is 185 g/mol. The van der Waals surface area contributed by atoms with Gasteiger partial charge in [0.25, 0.3) is 0 Å². The van der Waals surface area contributed by atoms with Gasteiger partial charge >= 0.3 is 0 Å². The van der Waals surface area contributed by atoms with Crippen LogP contribution in [-0.4, -0.2) is 23.2 Å². The van der Waals surface area contributed by atoms with Gasteiger partial charge in [0.15, 0.2) is 0 Å². The Morgan fingerprint density at radius 2 is 1.62 bits per heavy atom. The Morgan fingerprint density at radius 3 is 1.85 bits per heavy atom. The molecule has 0 radical (unpaired) electrons. The van der Waals surface area contributed by atoms with Crippen LogP contribution in [0.25, 0.3) is 0 Å². The van der Waals surface area contributed by atoms with E-state index in [2.05, 4.69) is 57.5 Å². The van der Waals surface area contributed by atoms with Gasteiger partial charge in [0.05, 0.1) is 0 Å². The van der Waals surface area contributed by atoms with Crippen LogP contribution in [0.4, 0.5) is 0 Å². The van der Waals surface area contributed by atoms with Crippen molar-refractivity contribution in [2.75, 3.05) is 6.54 Å². The normalized spacial score (nSPS) is 26.8. The first-order valence-corrected chi connectivity index (χ1v) is 5.01. The van der Waals surface area contributed by atoms with Crippen LogP contribution >= 0.6 is 0 Å². The van der Waals surface area contributed by atoms with Gasteiger partial charge in [-0.05, 0) is 26.2 Å². The predicted molar refractivity (Wildman–Crippen MR) is 56.0 cm³/mol. The fourth-order valence-corrected chi connectivity index (χ4v) is 1.36. The van der Waals surface area contributed by atoms with E-state index in [-0.39, 0.29) is 5.54 Å². The summed E-state index contributed by atoms with van der Waals surface area (Å²) in [5.74, 6) is 0. The lowest BCUT2D eigenvalue weighted by molar-refractivity contribution is 0.0459. The first-order chi connectivity index (χ1) is 5.71. The van der Waals surface area contributed by atoms with Crippen LogP contribution in [-0.2, 0) is 0 Å². The minimum absolute atomic E-state index is 0.139. The molecule has 1 aliphatic heterocycles. The summed E-state index contributed by atoms with van der Waals surface area (Å²) in [6.45, 7) is 14.4. The molecule has 0 spiro atoms. The van der Waals surface area contributed by atoms with E-state index in [1.807, 2.05) is 0 Å². The SMILES string of the molecule is CC(C)(C)C1CNN(C(C)(C)C)N1. The number of nitrogens with one attached hydrogen (secondary N) is 2. The lowest BCUT2D eigenvalue weighted by atomic mass is 9.87. The van der Waals surface area contributed by atoms with Crippen LogP contribution in [0.1, 0.15) is 41.5 Å². The Balaban J connectivity index is 2.55. The van der Waals surface area contributed by atoms with Gasteiger partial charge in [-0.3, -0.25) is 0 Å². The fraction of sp³-hybridized carbons (Fsp3) is 1.00. The number of hydrogen-bond donors (Lipinski definition) is 2. The molecule has 3 nitrogen and oxygen atoms in total. The topological polar surface area (TPSA) is 27.3 Å². The Kier molecular flexibility index (Phi) is 2.72. The average Bonchev–Trinajstić information content (AvgIpc) is 2.28. The van der Waals surface area contributed by atoms with E-state index in [9.17, 15) is 0 Å². The quantitative estimate of drug-likeness (QED) is 0.599. The third-order valence-corrected chi connectivity index (χ3v) is 2.45. The van der Waals surface area contributed by atoms with E-state index in [0.717, 1.165) is 6.54 Å². The Labute approximate surface area is 81.8 Å². The molecule has 0 aromatic rings. The first kappa shape index (κ1) is 11.0. The Morgan fingerprint density at radius 1 is 1.08 bits per heavy atom. The minimum Gasteiger partial charge on any atom is -0.239 e. The van der Waals surface area contributed by atoms with Crippen LogP contribution in [0, 0.1) is 5.41 Å². The molecule has 0 aromatic carbocycles. The van der Waals surface area contributed by atoms with E-state index in [1.165, 1.54) is 0 Å². The van der Waals surface area contributed by atoms with Crippen molar-refractivity contribution in [1.82, 2.24) is 16.0 Å². The number of hydrogen-bond acceptors (Lipinski definition) is 3. The van der Waals surface area contributed by atoms with E-state index < -0.39 is 0 Å². The van der Waals surface area contributed by atoms with E-state index in [0.29, 0.717) is 11.5 Å². The zero-order valence-corrected chi connectivity index (χ0v) is 9.73. The van der Waals surface area contributed by atoms with Gasteiger partial charge in [-0.2, -0.15) is 5.12 Å². The number of nitrogens with zero attached hydrogens (tertiary/aromatic N) is 1. The molecule has 0 aromatic heterocycles. The second-order valence-corrected chi connectivity index (χ2v) is 5.92. The molecule has 1 saturated heterocycles. The molecule has 1 heterocycles. The largest absolute Gasteiger partial charge is 0.239 e. The van der Waals surface area contributed by atoms with E-state index in [4.69, 9.17) is 0 Å². The van der Waals surface area contributed by atoms with E-state index in [1.54, 1.807) is 0 Å². The summed E-state index contributed by atoms with van der Waals surface area (Å²) in [5.41, 5.74) is 7.32. The van der Waals surface area contributed by atoms with E-state index >= 15 is 0 Å². The third-order valence-electron chi connectivity index (χ3n) is 2.45.